The molecule has 3 rings (SSSR count). The van der Waals surface area contributed by atoms with Crippen molar-refractivity contribution in [2.45, 2.75) is 19.8 Å². The van der Waals surface area contributed by atoms with Gasteiger partial charge in [-0.15, -0.1) is 11.3 Å². The molecule has 0 saturated carbocycles. The molecule has 1 amide bonds. The van der Waals surface area contributed by atoms with Crippen LogP contribution in [-0.2, 0) is 0 Å². The standard InChI is InChI=1S/C17H21N3O2S/c1-12-16(23-11-18-12)17(22)19-14-4-2-3-5-15(14)20-8-6-13(10-21)7-9-20/h2-5,11,13,21H,6-10H2,1H3,(H,19,22). The molecule has 1 aliphatic rings. The van der Waals surface area contributed by atoms with E-state index in [-0.39, 0.29) is 12.5 Å². The highest BCUT2D eigenvalue weighted by Crippen LogP contribution is 2.30. The maximum Gasteiger partial charge on any atom is 0.267 e. The zero-order valence-corrected chi connectivity index (χ0v) is 14.0. The molecule has 1 aliphatic heterocycles. The fourth-order valence-corrected chi connectivity index (χ4v) is 3.61. The maximum absolute atomic E-state index is 12.4. The third kappa shape index (κ3) is 3.54. The molecular weight excluding hydrogens is 310 g/mol. The number of anilines is 2. The van der Waals surface area contributed by atoms with E-state index in [4.69, 9.17) is 0 Å². The lowest BCUT2D eigenvalue weighted by molar-refractivity contribution is 0.103. The minimum absolute atomic E-state index is 0.109. The van der Waals surface area contributed by atoms with Crippen molar-refractivity contribution in [3.8, 4) is 0 Å². The lowest BCUT2D eigenvalue weighted by atomic mass is 9.97. The molecule has 0 bridgehead atoms. The van der Waals surface area contributed by atoms with Crippen molar-refractivity contribution >= 4 is 28.6 Å². The Kier molecular flexibility index (Phi) is 4.93. The lowest BCUT2D eigenvalue weighted by Gasteiger charge is -2.34. The second kappa shape index (κ2) is 7.10. The predicted molar refractivity (Wildman–Crippen MR) is 93.3 cm³/mol. The van der Waals surface area contributed by atoms with Gasteiger partial charge in [-0.2, -0.15) is 0 Å². The number of piperidine rings is 1. The number of rotatable bonds is 4. The molecule has 6 heteroatoms. The van der Waals surface area contributed by atoms with E-state index in [1.54, 1.807) is 5.51 Å². The number of aliphatic hydroxyl groups is 1. The van der Waals surface area contributed by atoms with Gasteiger partial charge in [0.05, 0.1) is 22.6 Å². The summed E-state index contributed by atoms with van der Waals surface area (Å²) in [4.78, 5) is 19.5. The summed E-state index contributed by atoms with van der Waals surface area (Å²) in [5, 5.41) is 12.3. The van der Waals surface area contributed by atoms with Gasteiger partial charge >= 0.3 is 0 Å². The fraction of sp³-hybridized carbons (Fsp3) is 0.412. The highest BCUT2D eigenvalue weighted by Gasteiger charge is 2.21. The normalized spacial score (nSPS) is 15.7. The van der Waals surface area contributed by atoms with E-state index < -0.39 is 0 Å². The quantitative estimate of drug-likeness (QED) is 0.904. The van der Waals surface area contributed by atoms with Crippen LogP contribution in [0.15, 0.2) is 29.8 Å². The number of carbonyl (C=O) groups is 1. The van der Waals surface area contributed by atoms with Gasteiger partial charge < -0.3 is 15.3 Å². The Bertz CT molecular complexity index is 678. The molecule has 0 atom stereocenters. The predicted octanol–water partition coefficient (Wildman–Crippen LogP) is 2.91. The second-order valence-corrected chi connectivity index (χ2v) is 6.71. The van der Waals surface area contributed by atoms with Crippen LogP contribution in [0.5, 0.6) is 0 Å². The summed E-state index contributed by atoms with van der Waals surface area (Å²) in [6.45, 7) is 3.91. The van der Waals surface area contributed by atoms with Crippen molar-refractivity contribution in [3.63, 3.8) is 0 Å². The maximum atomic E-state index is 12.4. The number of carbonyl (C=O) groups excluding carboxylic acids is 1. The van der Waals surface area contributed by atoms with Gasteiger partial charge in [0, 0.05) is 19.7 Å². The first-order chi connectivity index (χ1) is 11.2. The number of aryl methyl sites for hydroxylation is 1. The van der Waals surface area contributed by atoms with Crippen molar-refractivity contribution in [1.29, 1.82) is 0 Å². The van der Waals surface area contributed by atoms with Gasteiger partial charge in [0.1, 0.15) is 4.88 Å². The summed E-state index contributed by atoms with van der Waals surface area (Å²) in [7, 11) is 0. The number of hydrogen-bond acceptors (Lipinski definition) is 5. The third-order valence-electron chi connectivity index (χ3n) is 4.32. The summed E-state index contributed by atoms with van der Waals surface area (Å²) >= 11 is 1.36. The number of nitrogens with one attached hydrogen (secondary N) is 1. The number of hydrogen-bond donors (Lipinski definition) is 2. The summed E-state index contributed by atoms with van der Waals surface area (Å²) in [6, 6.07) is 7.89. The van der Waals surface area contributed by atoms with Crippen LogP contribution >= 0.6 is 11.3 Å². The number of amides is 1. The van der Waals surface area contributed by atoms with Crippen LogP contribution in [0.4, 0.5) is 11.4 Å². The van der Waals surface area contributed by atoms with Gasteiger partial charge in [0.15, 0.2) is 0 Å². The topological polar surface area (TPSA) is 65.5 Å². The number of thiazole rings is 1. The van der Waals surface area contributed by atoms with Crippen LogP contribution in [0.25, 0.3) is 0 Å². The van der Waals surface area contributed by atoms with Crippen LogP contribution < -0.4 is 10.2 Å². The number of para-hydroxylation sites is 2. The monoisotopic (exact) mass is 331 g/mol. The molecule has 1 saturated heterocycles. The van der Waals surface area contributed by atoms with Crippen LogP contribution in [-0.4, -0.2) is 35.7 Å². The van der Waals surface area contributed by atoms with Gasteiger partial charge in [0.2, 0.25) is 0 Å². The molecule has 0 aliphatic carbocycles. The summed E-state index contributed by atoms with van der Waals surface area (Å²) < 4.78 is 0. The Morgan fingerprint density at radius 3 is 2.78 bits per heavy atom. The molecule has 122 valence electrons. The molecule has 1 aromatic heterocycles. The summed E-state index contributed by atoms with van der Waals surface area (Å²) in [6.07, 6.45) is 1.96. The second-order valence-electron chi connectivity index (χ2n) is 5.85. The number of aromatic nitrogens is 1. The van der Waals surface area contributed by atoms with Crippen LogP contribution in [0.2, 0.25) is 0 Å². The van der Waals surface area contributed by atoms with E-state index in [9.17, 15) is 9.90 Å². The van der Waals surface area contributed by atoms with Crippen molar-refractivity contribution in [2.24, 2.45) is 5.92 Å². The van der Waals surface area contributed by atoms with Crippen LogP contribution in [0.1, 0.15) is 28.2 Å². The first kappa shape index (κ1) is 16.0. The Morgan fingerprint density at radius 1 is 1.39 bits per heavy atom. The summed E-state index contributed by atoms with van der Waals surface area (Å²) in [5.74, 6) is 0.288. The molecular formula is C17H21N3O2S. The zero-order chi connectivity index (χ0) is 16.2. The van der Waals surface area contributed by atoms with Crippen molar-refractivity contribution in [1.82, 2.24) is 4.98 Å². The molecule has 2 heterocycles. The van der Waals surface area contributed by atoms with E-state index in [2.05, 4.69) is 15.2 Å². The van der Waals surface area contributed by atoms with E-state index in [0.717, 1.165) is 43.0 Å². The van der Waals surface area contributed by atoms with Gasteiger partial charge in [-0.3, -0.25) is 4.79 Å². The van der Waals surface area contributed by atoms with Crippen LogP contribution in [0.3, 0.4) is 0 Å². The Balaban J connectivity index is 1.76. The Morgan fingerprint density at radius 2 is 2.13 bits per heavy atom. The average Bonchev–Trinajstić information content (AvgIpc) is 3.02. The van der Waals surface area contributed by atoms with E-state index in [0.29, 0.717) is 10.8 Å². The summed E-state index contributed by atoms with van der Waals surface area (Å²) in [5.41, 5.74) is 4.32. The third-order valence-corrected chi connectivity index (χ3v) is 5.24. The lowest BCUT2D eigenvalue weighted by Crippen LogP contribution is -2.35. The van der Waals surface area contributed by atoms with Gasteiger partial charge in [-0.25, -0.2) is 4.98 Å². The molecule has 0 spiro atoms. The number of benzene rings is 1. The highest BCUT2D eigenvalue weighted by molar-refractivity contribution is 7.12. The number of aliphatic hydroxyl groups excluding tert-OH is 1. The Hall–Kier alpha value is -1.92. The van der Waals surface area contributed by atoms with Gasteiger partial charge in [-0.1, -0.05) is 12.1 Å². The largest absolute Gasteiger partial charge is 0.396 e. The molecule has 5 nitrogen and oxygen atoms in total. The minimum atomic E-state index is -0.109. The van der Waals surface area contributed by atoms with Gasteiger partial charge in [0.25, 0.3) is 5.91 Å². The first-order valence-electron chi connectivity index (χ1n) is 7.85. The van der Waals surface area contributed by atoms with Crippen molar-refractivity contribution in [2.75, 3.05) is 29.9 Å². The highest BCUT2D eigenvalue weighted by atomic mass is 32.1. The molecule has 23 heavy (non-hydrogen) atoms. The van der Waals surface area contributed by atoms with Crippen molar-refractivity contribution < 1.29 is 9.90 Å². The molecule has 0 unspecified atom stereocenters. The molecule has 2 N–H and O–H groups in total. The molecule has 1 aromatic carbocycles. The first-order valence-corrected chi connectivity index (χ1v) is 8.73. The molecule has 2 aromatic rings. The SMILES string of the molecule is Cc1ncsc1C(=O)Nc1ccccc1N1CCC(CO)CC1. The fourth-order valence-electron chi connectivity index (χ4n) is 2.91. The smallest absolute Gasteiger partial charge is 0.267 e. The van der Waals surface area contributed by atoms with E-state index in [1.165, 1.54) is 11.3 Å². The van der Waals surface area contributed by atoms with E-state index >= 15 is 0 Å². The minimum Gasteiger partial charge on any atom is -0.396 e. The Labute approximate surface area is 140 Å². The molecule has 1 fully saturated rings. The molecule has 0 radical (unpaired) electrons. The van der Waals surface area contributed by atoms with Gasteiger partial charge in [-0.05, 0) is 37.8 Å². The average molecular weight is 331 g/mol. The van der Waals surface area contributed by atoms with Crippen molar-refractivity contribution in [3.05, 3.63) is 40.3 Å². The zero-order valence-electron chi connectivity index (χ0n) is 13.2. The van der Waals surface area contributed by atoms with Crippen LogP contribution in [0, 0.1) is 12.8 Å². The van der Waals surface area contributed by atoms with E-state index in [1.807, 2.05) is 31.2 Å². The number of nitrogens with zero attached hydrogens (tertiary/aromatic N) is 2.